The van der Waals surface area contributed by atoms with Crippen molar-refractivity contribution in [2.24, 2.45) is 11.8 Å². The molecule has 1 fully saturated rings. The van der Waals surface area contributed by atoms with E-state index in [9.17, 15) is 42.9 Å². The van der Waals surface area contributed by atoms with E-state index in [0.29, 0.717) is 5.56 Å². The first-order valence-corrected chi connectivity index (χ1v) is 16.6. The summed E-state index contributed by atoms with van der Waals surface area (Å²) in [5, 5.41) is 41.6. The van der Waals surface area contributed by atoms with E-state index in [1.807, 2.05) is 33.0 Å². The number of hydrogen-bond donors (Lipinski definition) is 8. The SMILES string of the molecule is CC(C)N[C@H](C(=O)N[C@@H](C)C(=O)Nc1ccc(COC(=O)C(C)C)cc1O[C@@H]1O[C@H](C(=O)NCS(=O)(=O)O)[C@@H](O)[C@H](O)[C@H]1O)C(C)C. The summed E-state index contributed by atoms with van der Waals surface area (Å²) < 4.78 is 47.4. The van der Waals surface area contributed by atoms with Crippen LogP contribution >= 0.6 is 0 Å². The Morgan fingerprint density at radius 1 is 0.936 bits per heavy atom. The number of rotatable bonds is 15. The van der Waals surface area contributed by atoms with E-state index in [4.69, 9.17) is 18.8 Å². The molecule has 3 amide bonds. The molecule has 47 heavy (non-hydrogen) atoms. The molecular weight excluding hydrogens is 644 g/mol. The maximum atomic E-state index is 13.2. The van der Waals surface area contributed by atoms with Crippen molar-refractivity contribution >= 4 is 39.5 Å². The first kappa shape index (κ1) is 39.8. The van der Waals surface area contributed by atoms with E-state index in [1.165, 1.54) is 25.1 Å². The van der Waals surface area contributed by atoms with Crippen molar-refractivity contribution in [3.05, 3.63) is 23.8 Å². The molecule has 0 aliphatic carbocycles. The molecule has 17 nitrogen and oxygen atoms in total. The zero-order valence-electron chi connectivity index (χ0n) is 27.3. The van der Waals surface area contributed by atoms with Crippen LogP contribution in [0.25, 0.3) is 0 Å². The fourth-order valence-electron chi connectivity index (χ4n) is 4.27. The summed E-state index contributed by atoms with van der Waals surface area (Å²) in [6, 6.07) is 2.60. The summed E-state index contributed by atoms with van der Waals surface area (Å²) in [7, 11) is -4.65. The number of anilines is 1. The van der Waals surface area contributed by atoms with Crippen molar-refractivity contribution in [2.75, 3.05) is 11.2 Å². The Bertz CT molecular complexity index is 1370. The minimum atomic E-state index is -4.65. The van der Waals surface area contributed by atoms with Crippen LogP contribution < -0.4 is 26.0 Å². The highest BCUT2D eigenvalue weighted by atomic mass is 32.2. The maximum absolute atomic E-state index is 13.2. The zero-order valence-corrected chi connectivity index (χ0v) is 28.1. The molecule has 0 bridgehead atoms. The average molecular weight is 691 g/mol. The monoisotopic (exact) mass is 690 g/mol. The Hall–Kier alpha value is -3.39. The van der Waals surface area contributed by atoms with Gasteiger partial charge in [-0.2, -0.15) is 8.42 Å². The smallest absolute Gasteiger partial charge is 0.308 e. The second-order valence-electron chi connectivity index (χ2n) is 12.1. The van der Waals surface area contributed by atoms with Crippen LogP contribution in [0.4, 0.5) is 5.69 Å². The van der Waals surface area contributed by atoms with Gasteiger partial charge in [0, 0.05) is 6.04 Å². The molecule has 0 saturated carbocycles. The van der Waals surface area contributed by atoms with Crippen LogP contribution in [0.3, 0.4) is 0 Å². The lowest BCUT2D eigenvalue weighted by atomic mass is 9.98. The highest BCUT2D eigenvalue weighted by Gasteiger charge is 2.48. The second-order valence-corrected chi connectivity index (χ2v) is 13.6. The summed E-state index contributed by atoms with van der Waals surface area (Å²) in [4.78, 5) is 50.7. The van der Waals surface area contributed by atoms with Gasteiger partial charge < -0.3 is 50.8 Å². The molecule has 1 aromatic rings. The van der Waals surface area contributed by atoms with Gasteiger partial charge in [0.2, 0.25) is 18.1 Å². The first-order valence-electron chi connectivity index (χ1n) is 15.0. The van der Waals surface area contributed by atoms with Crippen molar-refractivity contribution in [3.63, 3.8) is 0 Å². The van der Waals surface area contributed by atoms with Crippen molar-refractivity contribution in [3.8, 4) is 5.75 Å². The van der Waals surface area contributed by atoms with E-state index in [0.717, 1.165) is 0 Å². The summed E-state index contributed by atoms with van der Waals surface area (Å²) in [5.74, 6) is -4.75. The number of carbonyl (C=O) groups is 4. The first-order chi connectivity index (χ1) is 21.7. The second kappa shape index (κ2) is 17.1. The Balaban J connectivity index is 2.35. The Labute approximate surface area is 273 Å². The van der Waals surface area contributed by atoms with Gasteiger partial charge in [-0.05, 0) is 30.5 Å². The van der Waals surface area contributed by atoms with Gasteiger partial charge in [0.05, 0.1) is 17.6 Å². The summed E-state index contributed by atoms with van der Waals surface area (Å²) in [6.45, 7) is 12.0. The molecule has 0 spiro atoms. The predicted octanol–water partition coefficient (Wildman–Crippen LogP) is -1.00. The lowest BCUT2D eigenvalue weighted by Crippen LogP contribution is -2.63. The van der Waals surface area contributed by atoms with Crippen LogP contribution in [0.2, 0.25) is 0 Å². The summed E-state index contributed by atoms with van der Waals surface area (Å²) in [6.07, 6.45) is -9.84. The number of benzene rings is 1. The third-order valence-electron chi connectivity index (χ3n) is 6.87. The fraction of sp³-hybridized carbons (Fsp3) is 0.655. The quantitative estimate of drug-likeness (QED) is 0.0811. The molecule has 8 N–H and O–H groups in total. The molecule has 7 atom stereocenters. The molecule has 1 heterocycles. The van der Waals surface area contributed by atoms with Crippen molar-refractivity contribution < 1.29 is 61.7 Å². The van der Waals surface area contributed by atoms with Crippen LogP contribution in [0.15, 0.2) is 18.2 Å². The van der Waals surface area contributed by atoms with Crippen LogP contribution in [-0.4, -0.2) is 107 Å². The molecule has 1 saturated heterocycles. The highest BCUT2D eigenvalue weighted by molar-refractivity contribution is 7.85. The topological polar surface area (TPSA) is 259 Å². The van der Waals surface area contributed by atoms with Gasteiger partial charge in [-0.25, -0.2) is 0 Å². The van der Waals surface area contributed by atoms with Gasteiger partial charge in [0.1, 0.15) is 42.6 Å². The Morgan fingerprint density at radius 2 is 1.57 bits per heavy atom. The number of nitrogens with one attached hydrogen (secondary N) is 4. The van der Waals surface area contributed by atoms with Gasteiger partial charge >= 0.3 is 5.97 Å². The Morgan fingerprint density at radius 3 is 2.13 bits per heavy atom. The average Bonchev–Trinajstić information content (AvgIpc) is 2.97. The van der Waals surface area contributed by atoms with Crippen LogP contribution in [-0.2, 0) is 45.4 Å². The number of carbonyl (C=O) groups excluding carboxylic acids is 4. The van der Waals surface area contributed by atoms with Gasteiger partial charge in [-0.3, -0.25) is 23.7 Å². The number of esters is 1. The molecule has 266 valence electrons. The molecule has 0 aromatic heterocycles. The summed E-state index contributed by atoms with van der Waals surface area (Å²) >= 11 is 0. The van der Waals surface area contributed by atoms with Crippen LogP contribution in [0.5, 0.6) is 5.75 Å². The third kappa shape index (κ3) is 12.0. The molecule has 2 rings (SSSR count). The highest BCUT2D eigenvalue weighted by Crippen LogP contribution is 2.31. The maximum Gasteiger partial charge on any atom is 0.308 e. The van der Waals surface area contributed by atoms with E-state index >= 15 is 0 Å². The van der Waals surface area contributed by atoms with Gasteiger partial charge in [-0.15, -0.1) is 0 Å². The van der Waals surface area contributed by atoms with E-state index < -0.39 is 88.4 Å². The molecule has 1 aliphatic rings. The minimum absolute atomic E-state index is 0.000641. The zero-order chi connectivity index (χ0) is 35.8. The number of hydrogen-bond acceptors (Lipinski definition) is 13. The van der Waals surface area contributed by atoms with Gasteiger partial charge in [0.15, 0.2) is 6.10 Å². The van der Waals surface area contributed by atoms with E-state index in [1.54, 1.807) is 13.8 Å². The van der Waals surface area contributed by atoms with Crippen molar-refractivity contribution in [1.82, 2.24) is 16.0 Å². The molecular formula is C29H46N4O13S. The van der Waals surface area contributed by atoms with E-state index in [-0.39, 0.29) is 30.0 Å². The lowest BCUT2D eigenvalue weighted by molar-refractivity contribution is -0.266. The summed E-state index contributed by atoms with van der Waals surface area (Å²) in [5.41, 5.74) is 0.348. The normalized spacial score (nSPS) is 22.8. The minimum Gasteiger partial charge on any atom is -0.461 e. The number of ether oxygens (including phenoxy) is 3. The fourth-order valence-corrected chi connectivity index (χ4v) is 4.59. The number of aliphatic hydroxyl groups is 3. The Kier molecular flexibility index (Phi) is 14.5. The third-order valence-corrected chi connectivity index (χ3v) is 7.38. The largest absolute Gasteiger partial charge is 0.461 e. The molecule has 18 heteroatoms. The van der Waals surface area contributed by atoms with Crippen LogP contribution in [0, 0.1) is 11.8 Å². The molecule has 1 aliphatic heterocycles. The van der Waals surface area contributed by atoms with Crippen molar-refractivity contribution in [2.45, 2.75) is 104 Å². The van der Waals surface area contributed by atoms with E-state index in [2.05, 4.69) is 16.0 Å². The van der Waals surface area contributed by atoms with Gasteiger partial charge in [0.25, 0.3) is 16.0 Å². The van der Waals surface area contributed by atoms with Crippen LogP contribution in [0.1, 0.15) is 54.0 Å². The predicted molar refractivity (Wildman–Crippen MR) is 166 cm³/mol. The standard InChI is InChI=1S/C29H46N4O13S/c1-13(2)20(31-15(5)6)26(38)32-16(7)25(37)33-18-9-8-17(11-44-28(40)14(3)4)10-19(18)45-29-23(36)21(34)22(35)24(46-29)27(39)30-12-47(41,42)43/h8-10,13-16,20-24,29,31,34-36H,11-12H2,1-7H3,(H,30,39)(H,32,38)(H,33,37)(H,41,42,43)/t16-,20-,21-,22-,23+,24-,29+/m0/s1. The number of amides is 3. The molecule has 0 unspecified atom stereocenters. The lowest BCUT2D eigenvalue weighted by Gasteiger charge is -2.39. The molecule has 0 radical (unpaired) electrons. The van der Waals surface area contributed by atoms with Crippen molar-refractivity contribution in [1.29, 1.82) is 0 Å². The number of aliphatic hydroxyl groups excluding tert-OH is 3. The molecule has 1 aromatic carbocycles. The van der Waals surface area contributed by atoms with Gasteiger partial charge in [-0.1, -0.05) is 47.6 Å².